The lowest BCUT2D eigenvalue weighted by Gasteiger charge is -2.06. The number of rotatable bonds is 3. The molecule has 0 spiro atoms. The number of hydrogen-bond donors (Lipinski definition) is 12. The standard InChI is InChI=1S/C16H10N2O2.C8H7NO3.C8H9NO2.C8H7NO2.C8H5NO2.C8H7N.CH4.B/c19-15-9-5-1-3-7-11(9)17-13(15)14-16(20)10-6-2-4-8-12(10)18-14;9-6-4-2-1-3-5(6)7(10)8(11)12;3*10-7-5-3-1-2-4-6(5)9-8(7)11;1-2-4-8-7(3-1)5-6-9-8;;/h1-8,17,19H;1-4H,9H2,(H,11,12);1-4,7-11H;1-4,9-11H;1-4H,(H,9,10,11);1-6,9H;1H4;. The highest BCUT2D eigenvalue weighted by molar-refractivity contribution is 6.55. The van der Waals surface area contributed by atoms with Crippen molar-refractivity contribution >= 4 is 98.8 Å². The van der Waals surface area contributed by atoms with E-state index in [0.29, 0.717) is 39.0 Å². The van der Waals surface area contributed by atoms with Gasteiger partial charge in [-0.25, -0.2) is 9.79 Å². The van der Waals surface area contributed by atoms with Crippen LogP contribution < -0.4 is 16.4 Å². The molecule has 3 aliphatic heterocycles. The molecule has 18 nitrogen and oxygen atoms in total. The number of hydrogen-bond acceptors (Lipinski definition) is 13. The third-order valence-electron chi connectivity index (χ3n) is 11.5. The molecule has 0 saturated heterocycles. The van der Waals surface area contributed by atoms with Gasteiger partial charge in [-0.05, 0) is 84.2 Å². The van der Waals surface area contributed by atoms with E-state index in [0.717, 1.165) is 22.3 Å². The van der Waals surface area contributed by atoms with Crippen LogP contribution in [0.15, 0.2) is 187 Å². The fraction of sp³-hybridized carbons (Fsp3) is 0.0526. The number of carboxylic acids is 1. The number of aliphatic hydroxyl groups excluding tert-OH is 2. The number of ketones is 3. The number of nitrogens with two attached hydrogens (primary N) is 1. The van der Waals surface area contributed by atoms with Gasteiger partial charge in [0.1, 0.15) is 17.5 Å². The van der Waals surface area contributed by atoms with Crippen LogP contribution in [0.5, 0.6) is 17.4 Å². The Hall–Kier alpha value is -10.2. The minimum atomic E-state index is -1.49. The maximum absolute atomic E-state index is 12.4. The first-order valence-electron chi connectivity index (χ1n) is 22.5. The fourth-order valence-corrected chi connectivity index (χ4v) is 7.84. The second-order valence-electron chi connectivity index (χ2n) is 16.3. The molecule has 76 heavy (non-hydrogen) atoms. The van der Waals surface area contributed by atoms with E-state index < -0.39 is 35.8 Å². The molecule has 6 heterocycles. The number of fused-ring (bicyclic) bond motifs is 6. The van der Waals surface area contributed by atoms with Crippen LogP contribution >= 0.6 is 0 Å². The topological polar surface area (TPSA) is 317 Å². The van der Waals surface area contributed by atoms with E-state index in [4.69, 9.17) is 21.1 Å². The molecule has 13 N–H and O–H groups in total. The van der Waals surface area contributed by atoms with Gasteiger partial charge in [-0.2, -0.15) is 0 Å². The Balaban J connectivity index is 0.000000151. The summed E-state index contributed by atoms with van der Waals surface area (Å²) in [6, 6.07) is 52.2. The zero-order valence-electron chi connectivity index (χ0n) is 39.3. The number of nitrogen functional groups attached to an aromatic ring is 1. The lowest BCUT2D eigenvalue weighted by Crippen LogP contribution is -2.18. The molecule has 3 aliphatic rings. The molecular formula is C57H49BN7O11. The molecule has 3 aromatic heterocycles. The lowest BCUT2D eigenvalue weighted by molar-refractivity contribution is -0.131. The van der Waals surface area contributed by atoms with Crippen LogP contribution in [0.4, 0.5) is 22.7 Å². The molecule has 0 aliphatic carbocycles. The molecule has 1 amide bonds. The number of nitrogens with one attached hydrogen (secondary N) is 5. The summed E-state index contributed by atoms with van der Waals surface area (Å²) in [5, 5.41) is 63.2. The number of carboxylic acid groups (broad SMARTS) is 1. The normalized spacial score (nSPS) is 13.9. The second-order valence-corrected chi connectivity index (χ2v) is 16.3. The average molecular weight is 1020 g/mol. The molecule has 0 bridgehead atoms. The largest absolute Gasteiger partial charge is 0.505 e. The quantitative estimate of drug-likeness (QED) is 0.0341. The first-order valence-corrected chi connectivity index (χ1v) is 22.5. The molecule has 10 aromatic rings. The summed E-state index contributed by atoms with van der Waals surface area (Å²) in [5.41, 5.74) is 12.8. The minimum absolute atomic E-state index is 0. The number of H-pyrrole nitrogens is 3. The van der Waals surface area contributed by atoms with Crippen molar-refractivity contribution in [1.29, 1.82) is 0 Å². The number of para-hydroxylation sites is 7. The van der Waals surface area contributed by atoms with Gasteiger partial charge in [0.2, 0.25) is 11.7 Å². The summed E-state index contributed by atoms with van der Waals surface area (Å²) in [6.07, 6.45) is 0.309. The summed E-state index contributed by atoms with van der Waals surface area (Å²) in [5.74, 6) is -3.80. The van der Waals surface area contributed by atoms with Crippen molar-refractivity contribution in [3.05, 3.63) is 210 Å². The maximum Gasteiger partial charge on any atom is 0.377 e. The summed E-state index contributed by atoms with van der Waals surface area (Å²) >= 11 is 0. The van der Waals surface area contributed by atoms with Gasteiger partial charge in [-0.15, -0.1) is 0 Å². The molecular weight excluding hydrogens is 969 g/mol. The number of carbonyl (C=O) groups excluding carboxylic acids is 4. The van der Waals surface area contributed by atoms with Gasteiger partial charge >= 0.3 is 5.97 Å². The van der Waals surface area contributed by atoms with Gasteiger partial charge in [0.05, 0.1) is 28.0 Å². The van der Waals surface area contributed by atoms with Crippen molar-refractivity contribution in [2.24, 2.45) is 4.99 Å². The number of aliphatic imine (C=N–C) groups is 1. The van der Waals surface area contributed by atoms with E-state index in [2.05, 4.69) is 48.8 Å². The van der Waals surface area contributed by atoms with Crippen molar-refractivity contribution in [2.75, 3.05) is 16.4 Å². The maximum atomic E-state index is 12.4. The van der Waals surface area contributed by atoms with E-state index in [1.54, 1.807) is 84.9 Å². The van der Waals surface area contributed by atoms with E-state index in [1.165, 1.54) is 23.0 Å². The van der Waals surface area contributed by atoms with Gasteiger partial charge in [0.25, 0.3) is 17.5 Å². The number of aliphatic carboxylic acids is 1. The first-order chi connectivity index (χ1) is 35.7. The number of aliphatic hydroxyl groups is 2. The van der Waals surface area contributed by atoms with Crippen LogP contribution in [0.3, 0.4) is 0 Å². The van der Waals surface area contributed by atoms with Crippen LogP contribution in [-0.2, 0) is 9.59 Å². The summed E-state index contributed by atoms with van der Waals surface area (Å²) in [6.45, 7) is 0. The number of nitrogens with zero attached hydrogens (tertiary/aromatic N) is 1. The zero-order valence-corrected chi connectivity index (χ0v) is 39.3. The molecule has 0 saturated carbocycles. The molecule has 7 aromatic carbocycles. The average Bonchev–Trinajstić information content (AvgIpc) is 4.29. The molecule has 2 unspecified atom stereocenters. The monoisotopic (exact) mass is 1020 g/mol. The molecule has 13 rings (SSSR count). The Morgan fingerprint density at radius 2 is 1.13 bits per heavy atom. The van der Waals surface area contributed by atoms with Crippen LogP contribution in [-0.4, -0.2) is 95.2 Å². The number of aromatic hydroxyl groups is 3. The SMILES string of the molecule is C.Nc1ccccc1C(=O)C(=O)O.O=C1C(c2[nH]c3ccccc3c2O)=Nc2ccccc21.O=C1Nc2ccccc2C1=O.OC1Nc2ccccc2C1O.Oc1[nH]c2ccccc2c1O.[B].c1ccc2[nH]ccc2c1. The Kier molecular flexibility index (Phi) is 17.7. The molecule has 19 heteroatoms. The number of benzene rings is 7. The molecule has 381 valence electrons. The highest BCUT2D eigenvalue weighted by Gasteiger charge is 2.30. The number of Topliss-reactive ketones (excluding diaryl/α,β-unsaturated/α-hetero) is 3. The predicted molar refractivity (Wildman–Crippen MR) is 293 cm³/mol. The number of anilines is 3. The van der Waals surface area contributed by atoms with E-state index >= 15 is 0 Å². The van der Waals surface area contributed by atoms with E-state index in [-0.39, 0.29) is 56.0 Å². The Morgan fingerprint density at radius 1 is 0.579 bits per heavy atom. The Bertz CT molecular complexity index is 3740. The van der Waals surface area contributed by atoms with E-state index in [1.807, 2.05) is 66.9 Å². The van der Waals surface area contributed by atoms with Crippen LogP contribution in [0.2, 0.25) is 0 Å². The number of amides is 1. The number of carbonyl (C=O) groups is 5. The first kappa shape index (κ1) is 55.1. The summed E-state index contributed by atoms with van der Waals surface area (Å²) in [7, 11) is 0. The Labute approximate surface area is 435 Å². The predicted octanol–water partition coefficient (Wildman–Crippen LogP) is 9.01. The van der Waals surface area contributed by atoms with Crippen molar-refractivity contribution in [3.8, 4) is 17.4 Å². The number of aromatic nitrogens is 3. The van der Waals surface area contributed by atoms with Crippen LogP contribution in [0, 0.1) is 0 Å². The smallest absolute Gasteiger partial charge is 0.377 e. The van der Waals surface area contributed by atoms with Gasteiger partial charge in [0.15, 0.2) is 17.7 Å². The third-order valence-corrected chi connectivity index (χ3v) is 11.5. The fourth-order valence-electron chi connectivity index (χ4n) is 7.84. The highest BCUT2D eigenvalue weighted by Crippen LogP contribution is 2.36. The molecule has 3 radical (unpaired) electrons. The van der Waals surface area contributed by atoms with Crippen molar-refractivity contribution in [2.45, 2.75) is 19.8 Å². The summed E-state index contributed by atoms with van der Waals surface area (Å²) in [4.78, 5) is 68.4. The Morgan fingerprint density at radius 3 is 1.75 bits per heavy atom. The summed E-state index contributed by atoms with van der Waals surface area (Å²) < 4.78 is 0. The van der Waals surface area contributed by atoms with Gasteiger partial charge in [-0.3, -0.25) is 19.2 Å². The van der Waals surface area contributed by atoms with Gasteiger partial charge < -0.3 is 62.0 Å². The molecule has 2 atom stereocenters. The number of aromatic amines is 3. The van der Waals surface area contributed by atoms with Gasteiger partial charge in [-0.1, -0.05) is 104 Å². The van der Waals surface area contributed by atoms with Crippen LogP contribution in [0.1, 0.15) is 55.9 Å². The molecule has 0 fully saturated rings. The zero-order chi connectivity index (χ0) is 52.5. The van der Waals surface area contributed by atoms with Crippen molar-refractivity contribution in [1.82, 2.24) is 15.0 Å². The van der Waals surface area contributed by atoms with Crippen molar-refractivity contribution in [3.63, 3.8) is 0 Å². The van der Waals surface area contributed by atoms with Crippen LogP contribution in [0.25, 0.3) is 32.7 Å². The van der Waals surface area contributed by atoms with E-state index in [9.17, 15) is 39.3 Å². The third kappa shape index (κ3) is 12.0. The lowest BCUT2D eigenvalue weighted by atomic mass is 10.1. The minimum Gasteiger partial charge on any atom is -0.505 e. The second kappa shape index (κ2) is 24.5. The van der Waals surface area contributed by atoms with Gasteiger partial charge in [0, 0.05) is 58.9 Å². The highest BCUT2D eigenvalue weighted by atomic mass is 16.4. The van der Waals surface area contributed by atoms with Crippen molar-refractivity contribution < 1.29 is 54.6 Å².